The number of para-hydroxylation sites is 2. The lowest BCUT2D eigenvalue weighted by molar-refractivity contribution is -0.131. The fraction of sp³-hybridized carbons (Fsp3) is 0.176. The first kappa shape index (κ1) is 15.6. The molecule has 1 N–H and O–H groups in total. The summed E-state index contributed by atoms with van der Waals surface area (Å²) in [4.78, 5) is 23.4. The van der Waals surface area contributed by atoms with E-state index >= 15 is 0 Å². The fourth-order valence-electron chi connectivity index (χ4n) is 2.02. The molecule has 0 heterocycles. The van der Waals surface area contributed by atoms with Crippen molar-refractivity contribution in [3.05, 3.63) is 59.7 Å². The van der Waals surface area contributed by atoms with Gasteiger partial charge >= 0.3 is 5.97 Å². The molecule has 114 valence electrons. The van der Waals surface area contributed by atoms with Gasteiger partial charge in [0.1, 0.15) is 11.5 Å². The lowest BCUT2D eigenvalue weighted by Gasteiger charge is -2.11. The molecule has 0 saturated heterocycles. The molecule has 0 aliphatic rings. The van der Waals surface area contributed by atoms with Crippen LogP contribution in [0.3, 0.4) is 0 Å². The van der Waals surface area contributed by atoms with Gasteiger partial charge in [0, 0.05) is 19.0 Å². The van der Waals surface area contributed by atoms with Gasteiger partial charge in [-0.3, -0.25) is 9.59 Å². The van der Waals surface area contributed by atoms with Crippen LogP contribution in [0.1, 0.15) is 22.8 Å². The van der Waals surface area contributed by atoms with E-state index in [2.05, 4.69) is 5.32 Å². The van der Waals surface area contributed by atoms with Crippen molar-refractivity contribution in [1.82, 2.24) is 5.32 Å². The van der Waals surface area contributed by atoms with Crippen LogP contribution >= 0.6 is 0 Å². The van der Waals surface area contributed by atoms with Crippen LogP contribution in [0.15, 0.2) is 48.5 Å². The van der Waals surface area contributed by atoms with E-state index in [9.17, 15) is 9.59 Å². The number of esters is 1. The highest BCUT2D eigenvalue weighted by atomic mass is 16.5. The van der Waals surface area contributed by atoms with Crippen LogP contribution in [0.5, 0.6) is 11.5 Å². The summed E-state index contributed by atoms with van der Waals surface area (Å²) >= 11 is 0. The van der Waals surface area contributed by atoms with E-state index < -0.39 is 5.97 Å². The number of carbonyl (C=O) groups excluding carboxylic acids is 2. The molecule has 22 heavy (non-hydrogen) atoms. The molecule has 2 aromatic rings. The Hall–Kier alpha value is -2.82. The summed E-state index contributed by atoms with van der Waals surface area (Å²) in [6.07, 6.45) is 0. The van der Waals surface area contributed by atoms with Gasteiger partial charge in [-0.2, -0.15) is 0 Å². The van der Waals surface area contributed by atoms with Crippen LogP contribution in [0.2, 0.25) is 0 Å². The van der Waals surface area contributed by atoms with Gasteiger partial charge in [0.25, 0.3) is 5.91 Å². The second kappa shape index (κ2) is 7.26. The highest BCUT2D eigenvalue weighted by Gasteiger charge is 2.13. The van der Waals surface area contributed by atoms with Crippen LogP contribution in [0.4, 0.5) is 0 Å². The number of hydrogen-bond acceptors (Lipinski definition) is 4. The number of nitrogens with one attached hydrogen (secondary N) is 1. The van der Waals surface area contributed by atoms with E-state index in [1.54, 1.807) is 31.4 Å². The maximum Gasteiger partial charge on any atom is 0.308 e. The largest absolute Gasteiger partial charge is 0.496 e. The number of ether oxygens (including phenoxy) is 2. The molecule has 0 aliphatic heterocycles. The van der Waals surface area contributed by atoms with E-state index in [1.165, 1.54) is 6.92 Å². The Morgan fingerprint density at radius 3 is 2.32 bits per heavy atom. The smallest absolute Gasteiger partial charge is 0.308 e. The first-order chi connectivity index (χ1) is 10.6. The van der Waals surface area contributed by atoms with E-state index in [0.717, 1.165) is 5.56 Å². The number of benzene rings is 2. The molecule has 0 radical (unpaired) electrons. The molecule has 5 nitrogen and oxygen atoms in total. The molecular formula is C17H17NO4. The van der Waals surface area contributed by atoms with Crippen molar-refractivity contribution < 1.29 is 19.1 Å². The topological polar surface area (TPSA) is 64.6 Å². The number of rotatable bonds is 5. The third-order valence-corrected chi connectivity index (χ3v) is 3.02. The highest BCUT2D eigenvalue weighted by Crippen LogP contribution is 2.20. The Morgan fingerprint density at radius 1 is 1.00 bits per heavy atom. The summed E-state index contributed by atoms with van der Waals surface area (Å²) in [5.41, 5.74) is 1.18. The second-order valence-corrected chi connectivity index (χ2v) is 4.58. The molecule has 0 spiro atoms. The average Bonchev–Trinajstić information content (AvgIpc) is 2.52. The zero-order chi connectivity index (χ0) is 15.9. The summed E-state index contributed by atoms with van der Waals surface area (Å²) < 4.78 is 10.3. The highest BCUT2D eigenvalue weighted by molar-refractivity contribution is 5.97. The van der Waals surface area contributed by atoms with E-state index in [4.69, 9.17) is 9.47 Å². The Kier molecular flexibility index (Phi) is 5.14. The minimum atomic E-state index is -0.468. The molecule has 2 aromatic carbocycles. The predicted molar refractivity (Wildman–Crippen MR) is 81.9 cm³/mol. The minimum Gasteiger partial charge on any atom is -0.496 e. The van der Waals surface area contributed by atoms with E-state index in [1.807, 2.05) is 24.3 Å². The predicted octanol–water partition coefficient (Wildman–Crippen LogP) is 2.55. The summed E-state index contributed by atoms with van der Waals surface area (Å²) in [7, 11) is 1.58. The van der Waals surface area contributed by atoms with Crippen molar-refractivity contribution >= 4 is 11.9 Å². The molecule has 0 unspecified atom stereocenters. The number of amides is 1. The Morgan fingerprint density at radius 2 is 1.64 bits per heavy atom. The van der Waals surface area contributed by atoms with Crippen molar-refractivity contribution in [3.63, 3.8) is 0 Å². The molecule has 0 atom stereocenters. The summed E-state index contributed by atoms with van der Waals surface area (Å²) in [6, 6.07) is 14.0. The summed E-state index contributed by atoms with van der Waals surface area (Å²) in [6.45, 7) is 1.61. The Balaban J connectivity index is 2.11. The van der Waals surface area contributed by atoms with Gasteiger partial charge in [-0.15, -0.1) is 0 Å². The third-order valence-electron chi connectivity index (χ3n) is 3.02. The molecule has 0 saturated carbocycles. The fourth-order valence-corrected chi connectivity index (χ4v) is 2.02. The van der Waals surface area contributed by atoms with E-state index in [0.29, 0.717) is 17.9 Å². The number of methoxy groups -OCH3 is 1. The van der Waals surface area contributed by atoms with E-state index in [-0.39, 0.29) is 11.7 Å². The first-order valence-corrected chi connectivity index (χ1v) is 6.79. The van der Waals surface area contributed by atoms with Gasteiger partial charge < -0.3 is 14.8 Å². The van der Waals surface area contributed by atoms with Crippen LogP contribution in [-0.4, -0.2) is 19.0 Å². The Bertz CT molecular complexity index is 682. The van der Waals surface area contributed by atoms with Crippen LogP contribution < -0.4 is 14.8 Å². The minimum absolute atomic E-state index is 0.243. The zero-order valence-corrected chi connectivity index (χ0v) is 12.5. The third kappa shape index (κ3) is 3.85. The molecule has 0 fully saturated rings. The lowest BCUT2D eigenvalue weighted by Crippen LogP contribution is -2.24. The number of carbonyl (C=O) groups is 2. The van der Waals surface area contributed by atoms with Gasteiger partial charge in [0.15, 0.2) is 0 Å². The molecule has 0 bridgehead atoms. The second-order valence-electron chi connectivity index (χ2n) is 4.58. The van der Waals surface area contributed by atoms with Gasteiger partial charge in [0.05, 0.1) is 12.7 Å². The zero-order valence-electron chi connectivity index (χ0n) is 12.5. The maximum absolute atomic E-state index is 12.3. The van der Waals surface area contributed by atoms with Crippen LogP contribution in [0.25, 0.3) is 0 Å². The van der Waals surface area contributed by atoms with Gasteiger partial charge in [-0.25, -0.2) is 0 Å². The number of hydrogen-bond donors (Lipinski definition) is 1. The normalized spacial score (nSPS) is 9.91. The van der Waals surface area contributed by atoms with Crippen molar-refractivity contribution in [1.29, 1.82) is 0 Å². The van der Waals surface area contributed by atoms with Crippen LogP contribution in [-0.2, 0) is 11.3 Å². The Labute approximate surface area is 128 Å². The summed E-state index contributed by atoms with van der Waals surface area (Å²) in [5.74, 6) is 0.163. The maximum atomic E-state index is 12.3. The van der Waals surface area contributed by atoms with Crippen molar-refractivity contribution in [2.75, 3.05) is 7.11 Å². The SMILES string of the molecule is COc1ccccc1CNC(=O)c1ccccc1OC(C)=O. The molecular weight excluding hydrogens is 282 g/mol. The van der Waals surface area contributed by atoms with Crippen molar-refractivity contribution in [2.24, 2.45) is 0 Å². The monoisotopic (exact) mass is 299 g/mol. The molecule has 5 heteroatoms. The van der Waals surface area contributed by atoms with Gasteiger partial charge in [-0.05, 0) is 18.2 Å². The van der Waals surface area contributed by atoms with Gasteiger partial charge in [-0.1, -0.05) is 30.3 Å². The standard InChI is InChI=1S/C17H17NO4/c1-12(19)22-16-10-6-4-8-14(16)17(20)18-11-13-7-3-5-9-15(13)21-2/h3-10H,11H2,1-2H3,(H,18,20). The molecule has 1 amide bonds. The van der Waals surface area contributed by atoms with Crippen molar-refractivity contribution in [3.8, 4) is 11.5 Å². The average molecular weight is 299 g/mol. The quantitative estimate of drug-likeness (QED) is 0.680. The molecule has 0 aliphatic carbocycles. The van der Waals surface area contributed by atoms with Crippen LogP contribution in [0, 0.1) is 0 Å². The van der Waals surface area contributed by atoms with Gasteiger partial charge in [0.2, 0.25) is 0 Å². The molecule has 0 aromatic heterocycles. The lowest BCUT2D eigenvalue weighted by atomic mass is 10.1. The first-order valence-electron chi connectivity index (χ1n) is 6.79. The van der Waals surface area contributed by atoms with Crippen molar-refractivity contribution in [2.45, 2.75) is 13.5 Å². The molecule has 2 rings (SSSR count). The summed E-state index contributed by atoms with van der Waals surface area (Å²) in [5, 5.41) is 2.79.